The van der Waals surface area contributed by atoms with Gasteiger partial charge in [0, 0.05) is 41.6 Å². The first kappa shape index (κ1) is 16.4. The number of aryl methyl sites for hydroxylation is 1. The Labute approximate surface area is 160 Å². The van der Waals surface area contributed by atoms with Crippen LogP contribution < -0.4 is 0 Å². The predicted octanol–water partition coefficient (Wildman–Crippen LogP) is 4.20. The van der Waals surface area contributed by atoms with E-state index in [1.807, 2.05) is 37.8 Å². The van der Waals surface area contributed by atoms with Crippen LogP contribution in [0.4, 0.5) is 0 Å². The number of Topliss-reactive ketones (excluding diaryl/α,β-unsaturated/α-hetero) is 1. The number of benzene rings is 2. The highest BCUT2D eigenvalue weighted by Crippen LogP contribution is 2.24. The van der Waals surface area contributed by atoms with Crippen LogP contribution in [-0.2, 0) is 13.5 Å². The van der Waals surface area contributed by atoms with Crippen LogP contribution in [0.5, 0.6) is 0 Å². The Balaban J connectivity index is 1.45. The van der Waals surface area contributed by atoms with Gasteiger partial charge >= 0.3 is 0 Å². The van der Waals surface area contributed by atoms with Gasteiger partial charge in [0.25, 0.3) is 0 Å². The maximum absolute atomic E-state index is 12.7. The Kier molecular flexibility index (Phi) is 3.76. The van der Waals surface area contributed by atoms with E-state index in [0.29, 0.717) is 16.7 Å². The molecule has 0 saturated heterocycles. The molecule has 0 saturated carbocycles. The average molecular weight is 368 g/mol. The number of ketones is 1. The number of fused-ring (bicyclic) bond motifs is 2. The molecule has 2 aromatic carbocycles. The summed E-state index contributed by atoms with van der Waals surface area (Å²) in [5, 5.41) is 6.31. The second-order valence-corrected chi connectivity index (χ2v) is 6.78. The molecule has 136 valence electrons. The molecule has 0 aliphatic carbocycles. The minimum absolute atomic E-state index is 0.000152. The number of nitrogens with zero attached hydrogens (tertiary/aromatic N) is 4. The Morgan fingerprint density at radius 2 is 1.93 bits per heavy atom. The van der Waals surface area contributed by atoms with Crippen LogP contribution in [0.15, 0.2) is 71.9 Å². The Hall–Kier alpha value is -3.80. The van der Waals surface area contributed by atoms with Crippen LogP contribution in [-0.4, -0.2) is 25.5 Å². The lowest BCUT2D eigenvalue weighted by molar-refractivity contribution is 0.0992. The molecule has 0 amide bonds. The molecule has 3 aromatic heterocycles. The van der Waals surface area contributed by atoms with Crippen molar-refractivity contribution in [1.29, 1.82) is 0 Å². The maximum atomic E-state index is 12.7. The van der Waals surface area contributed by atoms with Crippen LogP contribution in [0, 0.1) is 0 Å². The van der Waals surface area contributed by atoms with Crippen molar-refractivity contribution in [2.75, 3.05) is 0 Å². The molecule has 0 atom stereocenters. The zero-order chi connectivity index (χ0) is 19.1. The van der Waals surface area contributed by atoms with Gasteiger partial charge in [-0.1, -0.05) is 12.1 Å². The van der Waals surface area contributed by atoms with E-state index < -0.39 is 0 Å². The van der Waals surface area contributed by atoms with Crippen LogP contribution in [0.2, 0.25) is 0 Å². The van der Waals surface area contributed by atoms with Crippen molar-refractivity contribution in [2.45, 2.75) is 6.42 Å². The van der Waals surface area contributed by atoms with Crippen LogP contribution in [0.3, 0.4) is 0 Å². The molecule has 6 heteroatoms. The molecule has 0 spiro atoms. The van der Waals surface area contributed by atoms with Crippen LogP contribution in [0.25, 0.3) is 33.0 Å². The first-order valence-corrected chi connectivity index (χ1v) is 8.90. The van der Waals surface area contributed by atoms with E-state index in [2.05, 4.69) is 27.2 Å². The molecule has 28 heavy (non-hydrogen) atoms. The molecule has 3 heterocycles. The highest BCUT2D eigenvalue weighted by atomic mass is 16.3. The van der Waals surface area contributed by atoms with Gasteiger partial charge in [0.1, 0.15) is 5.52 Å². The van der Waals surface area contributed by atoms with E-state index in [4.69, 9.17) is 4.42 Å². The quantitative estimate of drug-likeness (QED) is 0.445. The van der Waals surface area contributed by atoms with E-state index in [9.17, 15) is 4.79 Å². The fourth-order valence-electron chi connectivity index (χ4n) is 3.33. The topological polar surface area (TPSA) is 73.8 Å². The van der Waals surface area contributed by atoms with Gasteiger partial charge in [0.15, 0.2) is 17.8 Å². The van der Waals surface area contributed by atoms with Crippen molar-refractivity contribution in [1.82, 2.24) is 19.7 Å². The molecule has 0 N–H and O–H groups in total. The number of carbonyl (C=O) groups is 1. The van der Waals surface area contributed by atoms with Gasteiger partial charge in [-0.05, 0) is 41.3 Å². The average Bonchev–Trinajstić information content (AvgIpc) is 3.35. The summed E-state index contributed by atoms with van der Waals surface area (Å²) in [5.74, 6) is 0.000152. The molecule has 0 aliphatic heterocycles. The molecule has 6 nitrogen and oxygen atoms in total. The molecular weight excluding hydrogens is 352 g/mol. The number of carbonyl (C=O) groups excluding carboxylic acids is 1. The molecule has 0 bridgehead atoms. The van der Waals surface area contributed by atoms with Crippen LogP contribution in [0.1, 0.15) is 16.1 Å². The molecule has 5 aromatic rings. The minimum atomic E-state index is 0.000152. The number of rotatable bonds is 4. The van der Waals surface area contributed by atoms with E-state index in [0.717, 1.165) is 27.6 Å². The zero-order valence-corrected chi connectivity index (χ0v) is 15.2. The van der Waals surface area contributed by atoms with Gasteiger partial charge in [0.2, 0.25) is 0 Å². The lowest BCUT2D eigenvalue weighted by Gasteiger charge is -2.05. The lowest BCUT2D eigenvalue weighted by Crippen LogP contribution is -2.05. The summed E-state index contributed by atoms with van der Waals surface area (Å²) < 4.78 is 7.01. The van der Waals surface area contributed by atoms with E-state index in [-0.39, 0.29) is 12.2 Å². The minimum Gasteiger partial charge on any atom is -0.443 e. The monoisotopic (exact) mass is 368 g/mol. The number of oxazole rings is 1. The smallest absolute Gasteiger partial charge is 0.181 e. The normalized spacial score (nSPS) is 11.3. The van der Waals surface area contributed by atoms with Gasteiger partial charge in [-0.2, -0.15) is 5.10 Å². The summed E-state index contributed by atoms with van der Waals surface area (Å²) in [6, 6.07) is 13.4. The number of hydrogen-bond donors (Lipinski definition) is 0. The van der Waals surface area contributed by atoms with Gasteiger partial charge in [-0.25, -0.2) is 4.98 Å². The number of hydrogen-bond acceptors (Lipinski definition) is 5. The summed E-state index contributed by atoms with van der Waals surface area (Å²) >= 11 is 0. The van der Waals surface area contributed by atoms with Crippen molar-refractivity contribution in [3.8, 4) is 11.1 Å². The number of pyridine rings is 1. The Morgan fingerprint density at radius 1 is 1.00 bits per heavy atom. The first-order chi connectivity index (χ1) is 13.7. The summed E-state index contributed by atoms with van der Waals surface area (Å²) in [4.78, 5) is 21.3. The predicted molar refractivity (Wildman–Crippen MR) is 106 cm³/mol. The van der Waals surface area contributed by atoms with Crippen molar-refractivity contribution in [3.63, 3.8) is 0 Å². The van der Waals surface area contributed by atoms with Crippen LogP contribution >= 0.6 is 0 Å². The largest absolute Gasteiger partial charge is 0.443 e. The highest BCUT2D eigenvalue weighted by Gasteiger charge is 2.11. The molecule has 0 radical (unpaired) electrons. The highest BCUT2D eigenvalue weighted by molar-refractivity contribution is 6.00. The van der Waals surface area contributed by atoms with Gasteiger partial charge in [0.05, 0.1) is 12.6 Å². The summed E-state index contributed by atoms with van der Waals surface area (Å²) in [7, 11) is 1.90. The summed E-state index contributed by atoms with van der Waals surface area (Å²) in [6.07, 6.45) is 7.24. The molecule has 0 fully saturated rings. The fourth-order valence-corrected chi connectivity index (χ4v) is 3.33. The third-order valence-electron chi connectivity index (χ3n) is 4.81. The van der Waals surface area contributed by atoms with Gasteiger partial charge in [-0.15, -0.1) is 0 Å². The summed E-state index contributed by atoms with van der Waals surface area (Å²) in [6.45, 7) is 0. The lowest BCUT2D eigenvalue weighted by atomic mass is 10.0. The summed E-state index contributed by atoms with van der Waals surface area (Å²) in [5.41, 5.74) is 4.83. The maximum Gasteiger partial charge on any atom is 0.181 e. The fraction of sp³-hybridized carbons (Fsp3) is 0.0909. The molecule has 5 rings (SSSR count). The SMILES string of the molecule is Cn1cc(-c2ccc3cnc(CC(=O)c4ccc5ocnc5c4)cc3c2)cn1. The second kappa shape index (κ2) is 6.42. The van der Waals surface area contributed by atoms with Crippen molar-refractivity contribution in [2.24, 2.45) is 7.05 Å². The zero-order valence-electron chi connectivity index (χ0n) is 15.2. The van der Waals surface area contributed by atoms with Crippen molar-refractivity contribution >= 4 is 27.7 Å². The van der Waals surface area contributed by atoms with E-state index >= 15 is 0 Å². The third kappa shape index (κ3) is 2.95. The van der Waals surface area contributed by atoms with Gasteiger partial charge < -0.3 is 4.42 Å². The molecule has 0 aliphatic rings. The van der Waals surface area contributed by atoms with Gasteiger partial charge in [-0.3, -0.25) is 14.5 Å². The van der Waals surface area contributed by atoms with Crippen molar-refractivity contribution in [3.05, 3.63) is 78.7 Å². The van der Waals surface area contributed by atoms with E-state index in [1.54, 1.807) is 22.9 Å². The second-order valence-electron chi connectivity index (χ2n) is 6.78. The third-order valence-corrected chi connectivity index (χ3v) is 4.81. The van der Waals surface area contributed by atoms with Crippen molar-refractivity contribution < 1.29 is 9.21 Å². The molecule has 0 unspecified atom stereocenters. The Morgan fingerprint density at radius 3 is 2.79 bits per heavy atom. The first-order valence-electron chi connectivity index (χ1n) is 8.90. The number of aromatic nitrogens is 4. The molecular formula is C22H16N4O2. The van der Waals surface area contributed by atoms with E-state index in [1.165, 1.54) is 6.39 Å². The standard InChI is InChI=1S/C22H16N4O2/c1-26-12-18(11-25-26)14-2-3-16-10-23-19(7-17(16)6-14)9-21(27)15-4-5-22-20(8-15)24-13-28-22/h2-8,10-13H,9H2,1H3. The Bertz CT molecular complexity index is 1330.